The predicted octanol–water partition coefficient (Wildman–Crippen LogP) is 3.89. The number of carbonyl (C=O) groups is 3. The Bertz CT molecular complexity index is 1880. The number of anilines is 2. The molecule has 0 aliphatic carbocycles. The molecule has 7 N–H and O–H groups in total. The van der Waals surface area contributed by atoms with Crippen molar-refractivity contribution in [1.29, 1.82) is 0 Å². The predicted molar refractivity (Wildman–Crippen MR) is 157 cm³/mol. The van der Waals surface area contributed by atoms with Gasteiger partial charge in [0.2, 0.25) is 0 Å². The number of aliphatic hydroxyl groups excluding tert-OH is 1. The lowest BCUT2D eigenvalue weighted by Gasteiger charge is -2.21. The Balaban J connectivity index is 1.45. The second-order valence-corrected chi connectivity index (χ2v) is 10.4. The molecule has 0 radical (unpaired) electrons. The number of carboxylic acids is 1. The number of hydrogen-bond acceptors (Lipinski definition) is 9. The van der Waals surface area contributed by atoms with Gasteiger partial charge in [-0.25, -0.2) is 14.8 Å². The average Bonchev–Trinajstić information content (AvgIpc) is 3.61. The monoisotopic (exact) mass is 584 g/mol. The zero-order valence-corrected chi connectivity index (χ0v) is 22.7. The normalized spacial score (nSPS) is 11.8. The van der Waals surface area contributed by atoms with E-state index >= 15 is 0 Å². The van der Waals surface area contributed by atoms with E-state index in [9.17, 15) is 19.5 Å². The standard InChI is InChI=1S/C29H24N6O6S/c30-29-34-20-4-2-15(10-22(20)35-29)32-26(37)18-11-19-23(41-13-14-6-9-42-25(14)19)12-17(18)16-3-5-21(33-24(16)28(39)40)27(38)31-7-1-8-36/h2-6,9-12,36H,1,7-8,13H2,(H,31,38)(H,32,37)(H,39,40)(H3,30,34,35). The average molecular weight is 585 g/mol. The zero-order valence-electron chi connectivity index (χ0n) is 21.9. The van der Waals surface area contributed by atoms with Crippen LogP contribution in [-0.2, 0) is 6.61 Å². The largest absolute Gasteiger partial charge is 0.488 e. The van der Waals surface area contributed by atoms with E-state index in [2.05, 4.69) is 25.6 Å². The van der Waals surface area contributed by atoms with Gasteiger partial charge in [-0.3, -0.25) is 9.59 Å². The minimum absolute atomic E-state index is 0.102. The van der Waals surface area contributed by atoms with E-state index in [0.717, 1.165) is 10.4 Å². The molecule has 5 aromatic rings. The third-order valence-corrected chi connectivity index (χ3v) is 7.73. The summed E-state index contributed by atoms with van der Waals surface area (Å²) in [6.45, 7) is 0.436. The van der Waals surface area contributed by atoms with Crippen LogP contribution in [0.4, 0.5) is 11.6 Å². The molecule has 212 valence electrons. The highest BCUT2D eigenvalue weighted by atomic mass is 32.1. The van der Waals surface area contributed by atoms with Gasteiger partial charge in [0.25, 0.3) is 11.8 Å². The van der Waals surface area contributed by atoms with Crippen LogP contribution in [0.2, 0.25) is 0 Å². The van der Waals surface area contributed by atoms with Crippen LogP contribution in [0.25, 0.3) is 32.6 Å². The van der Waals surface area contributed by atoms with Crippen molar-refractivity contribution in [1.82, 2.24) is 20.3 Å². The lowest BCUT2D eigenvalue weighted by molar-refractivity contribution is 0.0691. The van der Waals surface area contributed by atoms with Crippen LogP contribution >= 0.6 is 11.3 Å². The number of aromatic nitrogens is 3. The molecule has 1 aliphatic rings. The molecule has 2 amide bonds. The van der Waals surface area contributed by atoms with Crippen LogP contribution in [0.5, 0.6) is 5.75 Å². The van der Waals surface area contributed by atoms with Gasteiger partial charge in [-0.2, -0.15) is 0 Å². The number of thiophene rings is 1. The summed E-state index contributed by atoms with van der Waals surface area (Å²) in [7, 11) is 0. The first-order valence-electron chi connectivity index (χ1n) is 12.9. The number of nitrogens with two attached hydrogens (primary N) is 1. The van der Waals surface area contributed by atoms with Crippen LogP contribution < -0.4 is 21.1 Å². The van der Waals surface area contributed by atoms with E-state index in [4.69, 9.17) is 15.6 Å². The fourth-order valence-corrected chi connectivity index (χ4v) is 5.70. The van der Waals surface area contributed by atoms with Crippen LogP contribution in [0.15, 0.2) is 53.9 Å². The van der Waals surface area contributed by atoms with Gasteiger partial charge in [-0.05, 0) is 60.3 Å². The van der Waals surface area contributed by atoms with Crippen LogP contribution in [-0.4, -0.2) is 56.1 Å². The number of hydrogen-bond donors (Lipinski definition) is 6. The number of ether oxygens (including phenoxy) is 1. The SMILES string of the molecule is Nc1nc2ccc(NC(=O)c3cc4c(cc3-c3ccc(C(=O)NCCCO)nc3C(=O)O)OCc3ccsc3-4)cc2[nH]1. The smallest absolute Gasteiger partial charge is 0.355 e. The Morgan fingerprint density at radius 1 is 1.02 bits per heavy atom. The molecule has 42 heavy (non-hydrogen) atoms. The topological polar surface area (TPSA) is 193 Å². The van der Waals surface area contributed by atoms with Crippen molar-refractivity contribution < 1.29 is 29.3 Å². The molecule has 0 atom stereocenters. The van der Waals surface area contributed by atoms with Gasteiger partial charge in [-0.15, -0.1) is 11.3 Å². The molecule has 4 heterocycles. The zero-order chi connectivity index (χ0) is 29.4. The fourth-order valence-electron chi connectivity index (χ4n) is 4.77. The molecule has 2 aromatic carbocycles. The molecule has 0 bridgehead atoms. The van der Waals surface area contributed by atoms with Crippen LogP contribution in [0, 0.1) is 0 Å². The number of fused-ring (bicyclic) bond motifs is 4. The van der Waals surface area contributed by atoms with E-state index in [1.807, 2.05) is 11.4 Å². The number of aromatic amines is 1. The van der Waals surface area contributed by atoms with E-state index in [1.165, 1.54) is 23.5 Å². The third-order valence-electron chi connectivity index (χ3n) is 6.74. The van der Waals surface area contributed by atoms with Gasteiger partial charge < -0.3 is 36.3 Å². The molecule has 0 saturated heterocycles. The summed E-state index contributed by atoms with van der Waals surface area (Å²) in [4.78, 5) is 50.9. The van der Waals surface area contributed by atoms with E-state index in [1.54, 1.807) is 30.3 Å². The number of aliphatic hydroxyl groups is 1. The molecule has 0 fully saturated rings. The van der Waals surface area contributed by atoms with Crippen molar-refractivity contribution in [3.05, 3.63) is 76.4 Å². The number of rotatable bonds is 8. The highest BCUT2D eigenvalue weighted by Gasteiger charge is 2.27. The van der Waals surface area contributed by atoms with Crippen molar-refractivity contribution in [2.45, 2.75) is 13.0 Å². The molecule has 1 aliphatic heterocycles. The number of pyridine rings is 1. The Morgan fingerprint density at radius 2 is 1.88 bits per heavy atom. The number of H-pyrrole nitrogens is 1. The van der Waals surface area contributed by atoms with E-state index in [-0.39, 0.29) is 41.5 Å². The van der Waals surface area contributed by atoms with Gasteiger partial charge in [0.1, 0.15) is 18.1 Å². The molecule has 13 heteroatoms. The van der Waals surface area contributed by atoms with Crippen molar-refractivity contribution >= 4 is 51.8 Å². The van der Waals surface area contributed by atoms with Crippen molar-refractivity contribution in [2.75, 3.05) is 24.2 Å². The lowest BCUT2D eigenvalue weighted by atomic mass is 9.92. The number of benzene rings is 2. The molecule has 12 nitrogen and oxygen atoms in total. The number of nitrogens with one attached hydrogen (secondary N) is 3. The number of amides is 2. The first-order chi connectivity index (χ1) is 20.3. The number of nitrogen functional groups attached to an aromatic ring is 1. The Morgan fingerprint density at radius 3 is 2.69 bits per heavy atom. The minimum atomic E-state index is -1.37. The van der Waals surface area contributed by atoms with Gasteiger partial charge in [0, 0.05) is 51.5 Å². The molecule has 0 spiro atoms. The maximum absolute atomic E-state index is 13.8. The van der Waals surface area contributed by atoms with Crippen molar-refractivity contribution in [3.8, 4) is 27.3 Å². The Kier molecular flexibility index (Phi) is 7.02. The van der Waals surface area contributed by atoms with Crippen LogP contribution in [0.3, 0.4) is 0 Å². The maximum atomic E-state index is 13.8. The van der Waals surface area contributed by atoms with Crippen LogP contribution in [0.1, 0.15) is 43.3 Å². The van der Waals surface area contributed by atoms with Crippen molar-refractivity contribution in [3.63, 3.8) is 0 Å². The number of carboxylic acid groups (broad SMARTS) is 1. The summed E-state index contributed by atoms with van der Waals surface area (Å²) in [5, 5.41) is 26.5. The summed E-state index contributed by atoms with van der Waals surface area (Å²) >= 11 is 1.52. The summed E-state index contributed by atoms with van der Waals surface area (Å²) in [5.74, 6) is -1.71. The number of imidazole rings is 1. The first-order valence-corrected chi connectivity index (χ1v) is 13.8. The number of nitrogens with zero attached hydrogens (tertiary/aromatic N) is 2. The molecular weight excluding hydrogens is 560 g/mol. The van der Waals surface area contributed by atoms with Gasteiger partial charge >= 0.3 is 5.97 Å². The fraction of sp³-hybridized carbons (Fsp3) is 0.138. The highest BCUT2D eigenvalue weighted by Crippen LogP contribution is 2.44. The quantitative estimate of drug-likeness (QED) is 0.147. The number of aromatic carboxylic acids is 1. The van der Waals surface area contributed by atoms with Gasteiger partial charge in [-0.1, -0.05) is 0 Å². The third kappa shape index (κ3) is 5.02. The second-order valence-electron chi connectivity index (χ2n) is 9.50. The highest BCUT2D eigenvalue weighted by molar-refractivity contribution is 7.13. The molecular formula is C29H24N6O6S. The van der Waals surface area contributed by atoms with E-state index in [0.29, 0.717) is 41.1 Å². The molecule has 6 rings (SSSR count). The Labute approximate surface area is 242 Å². The molecule has 0 saturated carbocycles. The minimum Gasteiger partial charge on any atom is -0.488 e. The Hall–Kier alpha value is -5.27. The van der Waals surface area contributed by atoms with E-state index < -0.39 is 23.5 Å². The summed E-state index contributed by atoms with van der Waals surface area (Å²) in [6.07, 6.45) is 0.343. The summed E-state index contributed by atoms with van der Waals surface area (Å²) in [6, 6.07) is 13.2. The molecule has 3 aromatic heterocycles. The van der Waals surface area contributed by atoms with Gasteiger partial charge in [0.05, 0.1) is 11.0 Å². The van der Waals surface area contributed by atoms with Gasteiger partial charge in [0.15, 0.2) is 11.6 Å². The molecule has 0 unspecified atom stereocenters. The first kappa shape index (κ1) is 26.9. The summed E-state index contributed by atoms with van der Waals surface area (Å²) < 4.78 is 5.99. The lowest BCUT2D eigenvalue weighted by Crippen LogP contribution is -2.26. The summed E-state index contributed by atoms with van der Waals surface area (Å²) in [5.41, 5.74) is 9.29. The van der Waals surface area contributed by atoms with Crippen molar-refractivity contribution in [2.24, 2.45) is 0 Å². The number of carbonyl (C=O) groups excluding carboxylic acids is 2. The maximum Gasteiger partial charge on any atom is 0.355 e. The second kappa shape index (κ2) is 11.0.